The predicted molar refractivity (Wildman–Crippen MR) is 88.1 cm³/mol. The summed E-state index contributed by atoms with van der Waals surface area (Å²) in [6, 6.07) is 0.162. The van der Waals surface area contributed by atoms with Crippen molar-refractivity contribution in [1.29, 1.82) is 0 Å². The SMILES string of the molecule is CN(C(=O)O)C1CCC(C#CCCCOC2CCCCO2)CC1. The minimum atomic E-state index is -0.832. The number of hydrogen-bond donors (Lipinski definition) is 1. The quantitative estimate of drug-likeness (QED) is 0.621. The summed E-state index contributed by atoms with van der Waals surface area (Å²) in [6.07, 6.45) is 8.18. The lowest BCUT2D eigenvalue weighted by Crippen LogP contribution is -2.38. The molecule has 2 aliphatic rings. The van der Waals surface area contributed by atoms with E-state index in [1.54, 1.807) is 7.05 Å². The topological polar surface area (TPSA) is 59.0 Å². The lowest BCUT2D eigenvalue weighted by Gasteiger charge is -2.31. The molecule has 1 atom stereocenters. The van der Waals surface area contributed by atoms with Crippen LogP contribution in [0, 0.1) is 17.8 Å². The molecule has 0 spiro atoms. The highest BCUT2D eigenvalue weighted by Gasteiger charge is 2.25. The first kappa shape index (κ1) is 18.1. The van der Waals surface area contributed by atoms with E-state index in [1.165, 1.54) is 11.3 Å². The number of rotatable bonds is 5. The van der Waals surface area contributed by atoms with Crippen molar-refractivity contribution in [3.8, 4) is 11.8 Å². The Morgan fingerprint density at radius 2 is 2.04 bits per heavy atom. The van der Waals surface area contributed by atoms with Gasteiger partial charge in [-0.3, -0.25) is 0 Å². The van der Waals surface area contributed by atoms with Crippen LogP contribution in [0.4, 0.5) is 4.79 Å². The summed E-state index contributed by atoms with van der Waals surface area (Å²) in [5, 5.41) is 9.00. The smallest absolute Gasteiger partial charge is 0.407 e. The first-order chi connectivity index (χ1) is 11.2. The van der Waals surface area contributed by atoms with E-state index >= 15 is 0 Å². The summed E-state index contributed by atoms with van der Waals surface area (Å²) >= 11 is 0. The number of unbranched alkanes of at least 4 members (excludes halogenated alkanes) is 1. The summed E-state index contributed by atoms with van der Waals surface area (Å²) in [5.74, 6) is 7.03. The fraction of sp³-hybridized carbons (Fsp3) is 0.833. The molecule has 0 aromatic carbocycles. The Kier molecular flexibility index (Phi) is 7.70. The van der Waals surface area contributed by atoms with Gasteiger partial charge in [-0.1, -0.05) is 5.92 Å². The van der Waals surface area contributed by atoms with Gasteiger partial charge in [-0.05, 0) is 51.4 Å². The highest BCUT2D eigenvalue weighted by molar-refractivity contribution is 5.64. The normalized spacial score (nSPS) is 27.8. The van der Waals surface area contributed by atoms with Gasteiger partial charge in [0.05, 0.1) is 6.61 Å². The maximum absolute atomic E-state index is 10.9. The lowest BCUT2D eigenvalue weighted by molar-refractivity contribution is -0.162. The van der Waals surface area contributed by atoms with Gasteiger partial charge in [0.1, 0.15) is 0 Å². The molecule has 1 N–H and O–H groups in total. The molecule has 0 aromatic rings. The van der Waals surface area contributed by atoms with Crippen LogP contribution >= 0.6 is 0 Å². The van der Waals surface area contributed by atoms with Gasteiger partial charge in [0.25, 0.3) is 0 Å². The van der Waals surface area contributed by atoms with E-state index in [4.69, 9.17) is 14.6 Å². The summed E-state index contributed by atoms with van der Waals surface area (Å²) in [5.41, 5.74) is 0. The van der Waals surface area contributed by atoms with Crippen molar-refractivity contribution >= 4 is 6.09 Å². The van der Waals surface area contributed by atoms with E-state index in [0.717, 1.165) is 64.6 Å². The number of hydrogen-bond acceptors (Lipinski definition) is 3. The molecular weight excluding hydrogens is 294 g/mol. The Labute approximate surface area is 139 Å². The molecule has 2 fully saturated rings. The number of nitrogens with zero attached hydrogens (tertiary/aromatic N) is 1. The van der Waals surface area contributed by atoms with Crippen molar-refractivity contribution in [2.45, 2.75) is 70.1 Å². The standard InChI is InChI=1S/C18H29NO4/c1-19(18(20)21)16-11-9-15(10-12-16)7-3-2-5-13-22-17-8-4-6-14-23-17/h15-17H,2,4-6,8-14H2,1H3,(H,20,21). The van der Waals surface area contributed by atoms with Gasteiger partial charge >= 0.3 is 6.09 Å². The van der Waals surface area contributed by atoms with Crippen LogP contribution in [-0.4, -0.2) is 48.7 Å². The molecule has 23 heavy (non-hydrogen) atoms. The Bertz CT molecular complexity index is 414. The molecule has 1 saturated carbocycles. The summed E-state index contributed by atoms with van der Waals surface area (Å²) in [4.78, 5) is 12.4. The van der Waals surface area contributed by atoms with Gasteiger partial charge in [0.2, 0.25) is 0 Å². The van der Waals surface area contributed by atoms with E-state index in [-0.39, 0.29) is 12.3 Å². The second kappa shape index (κ2) is 9.79. The van der Waals surface area contributed by atoms with Crippen molar-refractivity contribution in [1.82, 2.24) is 4.90 Å². The highest BCUT2D eigenvalue weighted by atomic mass is 16.7. The molecule has 1 amide bonds. The van der Waals surface area contributed by atoms with Crippen LogP contribution in [0.3, 0.4) is 0 Å². The maximum atomic E-state index is 10.9. The van der Waals surface area contributed by atoms with Crippen LogP contribution in [0.25, 0.3) is 0 Å². The number of ether oxygens (including phenoxy) is 2. The average molecular weight is 323 g/mol. The van der Waals surface area contributed by atoms with E-state index in [0.29, 0.717) is 5.92 Å². The molecule has 130 valence electrons. The second-order valence-electron chi connectivity index (χ2n) is 6.49. The third-order valence-corrected chi connectivity index (χ3v) is 4.74. The molecule has 1 heterocycles. The number of carboxylic acid groups (broad SMARTS) is 1. The van der Waals surface area contributed by atoms with Gasteiger partial charge in [-0.25, -0.2) is 4.79 Å². The Morgan fingerprint density at radius 3 is 2.70 bits per heavy atom. The molecule has 0 radical (unpaired) electrons. The van der Waals surface area contributed by atoms with E-state index in [9.17, 15) is 4.79 Å². The monoisotopic (exact) mass is 323 g/mol. The largest absolute Gasteiger partial charge is 0.465 e. The number of carbonyl (C=O) groups is 1. The molecule has 1 aliphatic carbocycles. The second-order valence-corrected chi connectivity index (χ2v) is 6.49. The lowest BCUT2D eigenvalue weighted by atomic mass is 9.86. The average Bonchev–Trinajstić information content (AvgIpc) is 2.58. The van der Waals surface area contributed by atoms with Gasteiger partial charge in [-0.15, -0.1) is 5.92 Å². The minimum Gasteiger partial charge on any atom is -0.465 e. The molecule has 5 nitrogen and oxygen atoms in total. The predicted octanol–water partition coefficient (Wildman–Crippen LogP) is 3.48. The van der Waals surface area contributed by atoms with Gasteiger partial charge in [-0.2, -0.15) is 0 Å². The van der Waals surface area contributed by atoms with Crippen LogP contribution in [0.5, 0.6) is 0 Å². The Morgan fingerprint density at radius 1 is 1.26 bits per heavy atom. The minimum absolute atomic E-state index is 0.00166. The maximum Gasteiger partial charge on any atom is 0.407 e. The van der Waals surface area contributed by atoms with Crippen molar-refractivity contribution in [3.05, 3.63) is 0 Å². The van der Waals surface area contributed by atoms with Crippen LogP contribution in [0.15, 0.2) is 0 Å². The third kappa shape index (κ3) is 6.40. The molecule has 0 aromatic heterocycles. The molecule has 1 unspecified atom stereocenters. The summed E-state index contributed by atoms with van der Waals surface area (Å²) < 4.78 is 11.2. The Balaban J connectivity index is 1.54. The van der Waals surface area contributed by atoms with Crippen LogP contribution < -0.4 is 0 Å². The van der Waals surface area contributed by atoms with Crippen molar-refractivity contribution in [2.75, 3.05) is 20.3 Å². The van der Waals surface area contributed by atoms with Crippen LogP contribution in [-0.2, 0) is 9.47 Å². The highest BCUT2D eigenvalue weighted by Crippen LogP contribution is 2.26. The van der Waals surface area contributed by atoms with E-state index in [1.807, 2.05) is 0 Å². The zero-order chi connectivity index (χ0) is 16.5. The molecule has 1 saturated heterocycles. The van der Waals surface area contributed by atoms with Crippen molar-refractivity contribution in [2.24, 2.45) is 5.92 Å². The molecule has 5 heteroatoms. The Hall–Kier alpha value is -1.25. The molecular formula is C18H29NO4. The van der Waals surface area contributed by atoms with Crippen LogP contribution in [0.2, 0.25) is 0 Å². The zero-order valence-electron chi connectivity index (χ0n) is 14.1. The summed E-state index contributed by atoms with van der Waals surface area (Å²) in [7, 11) is 1.66. The zero-order valence-corrected chi connectivity index (χ0v) is 14.1. The first-order valence-electron chi connectivity index (χ1n) is 8.84. The molecule has 2 rings (SSSR count). The van der Waals surface area contributed by atoms with Crippen molar-refractivity contribution < 1.29 is 19.4 Å². The first-order valence-corrected chi connectivity index (χ1v) is 8.84. The van der Waals surface area contributed by atoms with Gasteiger partial charge in [0.15, 0.2) is 6.29 Å². The summed E-state index contributed by atoms with van der Waals surface area (Å²) in [6.45, 7) is 1.54. The van der Waals surface area contributed by atoms with Gasteiger partial charge < -0.3 is 19.5 Å². The third-order valence-electron chi connectivity index (χ3n) is 4.74. The molecule has 1 aliphatic heterocycles. The van der Waals surface area contributed by atoms with Crippen molar-refractivity contribution in [3.63, 3.8) is 0 Å². The number of amides is 1. The van der Waals surface area contributed by atoms with Gasteiger partial charge in [0, 0.05) is 32.0 Å². The van der Waals surface area contributed by atoms with E-state index < -0.39 is 6.09 Å². The van der Waals surface area contributed by atoms with E-state index in [2.05, 4.69) is 11.8 Å². The fourth-order valence-corrected chi connectivity index (χ4v) is 3.20. The fourth-order valence-electron chi connectivity index (χ4n) is 3.20. The molecule has 0 bridgehead atoms. The van der Waals surface area contributed by atoms with Crippen LogP contribution in [0.1, 0.15) is 57.8 Å².